The molecule has 182 valence electrons. The van der Waals surface area contributed by atoms with Gasteiger partial charge in [0.2, 0.25) is 0 Å². The minimum atomic E-state index is -1.08. The molecule has 36 heavy (non-hydrogen) atoms. The number of ether oxygens (including phenoxy) is 2. The number of aromatic amines is 1. The summed E-state index contributed by atoms with van der Waals surface area (Å²) in [5, 5.41) is 3.18. The molecule has 1 amide bonds. The molecule has 5 rings (SSSR count). The third kappa shape index (κ3) is 4.40. The number of methoxy groups -OCH3 is 1. The number of thiophene rings is 1. The van der Waals surface area contributed by atoms with E-state index < -0.39 is 23.9 Å². The molecule has 8 nitrogen and oxygen atoms in total. The summed E-state index contributed by atoms with van der Waals surface area (Å²) in [6, 6.07) is 14.7. The van der Waals surface area contributed by atoms with Crippen LogP contribution in [0.1, 0.15) is 38.8 Å². The fourth-order valence-corrected chi connectivity index (χ4v) is 5.53. The van der Waals surface area contributed by atoms with Gasteiger partial charge >= 0.3 is 11.9 Å². The number of hydrogen-bond donors (Lipinski definition) is 2. The lowest BCUT2D eigenvalue weighted by atomic mass is 9.89. The number of benzene rings is 2. The lowest BCUT2D eigenvalue weighted by Gasteiger charge is -2.16. The largest absolute Gasteiger partial charge is 0.465 e. The highest BCUT2D eigenvalue weighted by Gasteiger charge is 2.30. The van der Waals surface area contributed by atoms with E-state index in [-0.39, 0.29) is 0 Å². The maximum atomic E-state index is 13.0. The number of anilines is 1. The molecule has 0 aliphatic heterocycles. The molecule has 1 atom stereocenters. The van der Waals surface area contributed by atoms with E-state index in [1.54, 1.807) is 36.7 Å². The van der Waals surface area contributed by atoms with Gasteiger partial charge in [-0.3, -0.25) is 4.79 Å². The second kappa shape index (κ2) is 9.79. The van der Waals surface area contributed by atoms with E-state index >= 15 is 0 Å². The van der Waals surface area contributed by atoms with E-state index in [0.717, 1.165) is 28.0 Å². The van der Waals surface area contributed by atoms with E-state index in [4.69, 9.17) is 9.47 Å². The minimum Gasteiger partial charge on any atom is -0.465 e. The number of carbonyl (C=O) groups is 3. The molecule has 0 saturated carbocycles. The van der Waals surface area contributed by atoms with Gasteiger partial charge in [-0.1, -0.05) is 36.4 Å². The van der Waals surface area contributed by atoms with Gasteiger partial charge in [0.1, 0.15) is 10.8 Å². The Morgan fingerprint density at radius 1 is 1.06 bits per heavy atom. The van der Waals surface area contributed by atoms with Crippen molar-refractivity contribution in [1.82, 2.24) is 9.97 Å². The third-order valence-electron chi connectivity index (χ3n) is 6.08. The Labute approximate surface area is 211 Å². The number of rotatable bonds is 6. The van der Waals surface area contributed by atoms with Crippen LogP contribution < -0.4 is 5.32 Å². The van der Waals surface area contributed by atoms with Crippen LogP contribution in [0.15, 0.2) is 60.9 Å². The fourth-order valence-electron chi connectivity index (χ4n) is 4.23. The van der Waals surface area contributed by atoms with E-state index in [9.17, 15) is 14.4 Å². The van der Waals surface area contributed by atoms with Gasteiger partial charge < -0.3 is 19.8 Å². The molecule has 1 unspecified atom stereocenters. The topological polar surface area (TPSA) is 110 Å². The monoisotopic (exact) mass is 501 g/mol. The Kier molecular flexibility index (Phi) is 6.39. The second-order valence-electron chi connectivity index (χ2n) is 8.31. The van der Waals surface area contributed by atoms with E-state index in [2.05, 4.69) is 21.4 Å². The van der Waals surface area contributed by atoms with Crippen LogP contribution in [0.4, 0.5) is 5.00 Å². The molecule has 2 N–H and O–H groups in total. The summed E-state index contributed by atoms with van der Waals surface area (Å²) in [5.74, 6) is -0.988. The first kappa shape index (κ1) is 23.5. The van der Waals surface area contributed by atoms with Crippen LogP contribution in [-0.4, -0.2) is 41.0 Å². The highest BCUT2D eigenvalue weighted by atomic mass is 32.1. The molecule has 1 aliphatic rings. The molecule has 2 aromatic heterocycles. The van der Waals surface area contributed by atoms with Crippen molar-refractivity contribution < 1.29 is 23.9 Å². The van der Waals surface area contributed by atoms with Crippen molar-refractivity contribution in [2.45, 2.75) is 25.9 Å². The number of hydrogen-bond acceptors (Lipinski definition) is 7. The van der Waals surface area contributed by atoms with Crippen LogP contribution in [0, 0.1) is 0 Å². The van der Waals surface area contributed by atoms with Crippen LogP contribution in [0.2, 0.25) is 0 Å². The number of aryl methyl sites for hydroxylation is 1. The standard InChI is InChI=1S/C27H23N3O5S/c1-15(35-26(32)18-9-7-17(8-10-18)23-28-13-14-29-23)24(31)30-25-21(27(33)34-2)20-12-11-16-5-3-4-6-19(16)22(20)36-25/h3-10,13-15H,11-12H2,1-2H3,(H,28,29)(H,30,31). The smallest absolute Gasteiger partial charge is 0.341 e. The number of H-pyrrole nitrogens is 1. The maximum absolute atomic E-state index is 13.0. The van der Waals surface area contributed by atoms with Crippen molar-refractivity contribution in [1.29, 1.82) is 0 Å². The number of carbonyl (C=O) groups excluding carboxylic acids is 3. The maximum Gasteiger partial charge on any atom is 0.341 e. The molecule has 0 bridgehead atoms. The Morgan fingerprint density at radius 2 is 1.83 bits per heavy atom. The fraction of sp³-hybridized carbons (Fsp3) is 0.185. The van der Waals surface area contributed by atoms with Gasteiger partial charge in [-0.25, -0.2) is 14.6 Å². The summed E-state index contributed by atoms with van der Waals surface area (Å²) in [7, 11) is 1.32. The zero-order valence-corrected chi connectivity index (χ0v) is 20.5. The summed E-state index contributed by atoms with van der Waals surface area (Å²) in [4.78, 5) is 46.4. The average Bonchev–Trinajstić information content (AvgIpc) is 3.56. The molecule has 2 heterocycles. The molecule has 0 spiro atoms. The molecule has 2 aromatic carbocycles. The third-order valence-corrected chi connectivity index (χ3v) is 7.27. The number of fused-ring (bicyclic) bond motifs is 3. The highest BCUT2D eigenvalue weighted by Crippen LogP contribution is 2.45. The van der Waals surface area contributed by atoms with Crippen molar-refractivity contribution in [3.05, 3.63) is 83.2 Å². The lowest BCUT2D eigenvalue weighted by Crippen LogP contribution is -2.30. The zero-order valence-electron chi connectivity index (χ0n) is 19.7. The van der Waals surface area contributed by atoms with Crippen molar-refractivity contribution in [3.63, 3.8) is 0 Å². The van der Waals surface area contributed by atoms with Crippen LogP contribution in [0.5, 0.6) is 0 Å². The number of aromatic nitrogens is 2. The summed E-state index contributed by atoms with van der Waals surface area (Å²) in [6.45, 7) is 1.49. The molecular formula is C27H23N3O5S. The number of nitrogens with one attached hydrogen (secondary N) is 2. The predicted octanol–water partition coefficient (Wildman–Crippen LogP) is 4.87. The Hall–Kier alpha value is -4.24. The van der Waals surface area contributed by atoms with Gasteiger partial charge in [0.15, 0.2) is 6.10 Å². The number of esters is 2. The first-order chi connectivity index (χ1) is 17.5. The van der Waals surface area contributed by atoms with Crippen molar-refractivity contribution >= 4 is 34.2 Å². The molecule has 0 saturated heterocycles. The van der Waals surface area contributed by atoms with E-state index in [0.29, 0.717) is 28.4 Å². The SMILES string of the molecule is COC(=O)c1c(NC(=O)C(C)OC(=O)c2ccc(-c3ncc[nH]3)cc2)sc2c1CCc1ccccc1-2. The summed E-state index contributed by atoms with van der Waals surface area (Å²) < 4.78 is 10.4. The quantitative estimate of drug-likeness (QED) is 0.365. The number of amides is 1. The van der Waals surface area contributed by atoms with Crippen LogP contribution in [0.25, 0.3) is 21.8 Å². The first-order valence-corrected chi connectivity index (χ1v) is 12.2. The van der Waals surface area contributed by atoms with Gasteiger partial charge in [-0.15, -0.1) is 11.3 Å². The second-order valence-corrected chi connectivity index (χ2v) is 9.34. The summed E-state index contributed by atoms with van der Waals surface area (Å²) in [6.07, 6.45) is 3.74. The molecule has 0 fully saturated rings. The Morgan fingerprint density at radius 3 is 2.56 bits per heavy atom. The Balaban J connectivity index is 1.33. The number of imidazole rings is 1. The van der Waals surface area contributed by atoms with Crippen LogP contribution in [0.3, 0.4) is 0 Å². The zero-order chi connectivity index (χ0) is 25.2. The van der Waals surface area contributed by atoms with Crippen LogP contribution in [-0.2, 0) is 27.1 Å². The summed E-state index contributed by atoms with van der Waals surface area (Å²) in [5.41, 5.74) is 4.59. The van der Waals surface area contributed by atoms with Gasteiger partial charge in [-0.05, 0) is 48.6 Å². The van der Waals surface area contributed by atoms with Gasteiger partial charge in [0.05, 0.1) is 18.2 Å². The molecule has 9 heteroatoms. The van der Waals surface area contributed by atoms with Gasteiger partial charge in [0, 0.05) is 22.8 Å². The van der Waals surface area contributed by atoms with Gasteiger partial charge in [-0.2, -0.15) is 0 Å². The molecule has 4 aromatic rings. The van der Waals surface area contributed by atoms with Crippen molar-refractivity contribution in [2.24, 2.45) is 0 Å². The van der Waals surface area contributed by atoms with E-state index in [1.807, 2.05) is 18.2 Å². The van der Waals surface area contributed by atoms with E-state index in [1.165, 1.54) is 30.9 Å². The highest BCUT2D eigenvalue weighted by molar-refractivity contribution is 7.20. The predicted molar refractivity (Wildman–Crippen MR) is 136 cm³/mol. The van der Waals surface area contributed by atoms with Gasteiger partial charge in [0.25, 0.3) is 5.91 Å². The normalized spacial score (nSPS) is 12.7. The number of nitrogens with zero attached hydrogens (tertiary/aromatic N) is 1. The van der Waals surface area contributed by atoms with Crippen molar-refractivity contribution in [3.8, 4) is 21.8 Å². The van der Waals surface area contributed by atoms with Crippen molar-refractivity contribution in [2.75, 3.05) is 12.4 Å². The van der Waals surface area contributed by atoms with Crippen LogP contribution >= 0.6 is 11.3 Å². The lowest BCUT2D eigenvalue weighted by molar-refractivity contribution is -0.123. The molecule has 1 aliphatic carbocycles. The molecule has 0 radical (unpaired) electrons. The summed E-state index contributed by atoms with van der Waals surface area (Å²) >= 11 is 1.33. The first-order valence-electron chi connectivity index (χ1n) is 11.4. The average molecular weight is 502 g/mol. The minimum absolute atomic E-state index is 0.309. The molecular weight excluding hydrogens is 478 g/mol. The Bertz CT molecular complexity index is 1440.